The molecule has 3 rings (SSSR count). The van der Waals surface area contributed by atoms with Crippen molar-refractivity contribution in [2.75, 3.05) is 19.8 Å². The first kappa shape index (κ1) is 23.5. The third-order valence-electron chi connectivity index (χ3n) is 4.71. The quantitative estimate of drug-likeness (QED) is 0.470. The highest BCUT2D eigenvalue weighted by atomic mass is 35.5. The molecule has 31 heavy (non-hydrogen) atoms. The molecule has 0 fully saturated rings. The standard InChI is InChI=1S/C21H22Cl2FN5OS/c1-13(28(2)3)20-26-27-21(29(20)17-8-6-16(24)7-9-17)31-12-19(30)25-11-14-4-5-15(22)10-18(14)23/h4-10,13H,11-12H2,1-3H3,(H,25,30). The van der Waals surface area contributed by atoms with E-state index in [0.29, 0.717) is 27.6 Å². The lowest BCUT2D eigenvalue weighted by molar-refractivity contribution is -0.118. The Morgan fingerprint density at radius 3 is 2.55 bits per heavy atom. The van der Waals surface area contributed by atoms with Gasteiger partial charge in [0, 0.05) is 22.3 Å². The van der Waals surface area contributed by atoms with Crippen LogP contribution in [0, 0.1) is 5.82 Å². The molecular formula is C21H22Cl2FN5OS. The van der Waals surface area contributed by atoms with Gasteiger partial charge in [0.2, 0.25) is 5.91 Å². The van der Waals surface area contributed by atoms with Crippen LogP contribution in [0.1, 0.15) is 24.4 Å². The minimum atomic E-state index is -0.325. The molecule has 2 aromatic carbocycles. The third-order valence-corrected chi connectivity index (χ3v) is 6.23. The van der Waals surface area contributed by atoms with Crippen molar-refractivity contribution in [2.24, 2.45) is 0 Å². The number of aromatic nitrogens is 3. The first-order chi connectivity index (χ1) is 14.8. The van der Waals surface area contributed by atoms with Crippen LogP contribution in [0.5, 0.6) is 0 Å². The van der Waals surface area contributed by atoms with Gasteiger partial charge in [0.15, 0.2) is 11.0 Å². The molecule has 3 aromatic rings. The van der Waals surface area contributed by atoms with Gasteiger partial charge >= 0.3 is 0 Å². The maximum absolute atomic E-state index is 13.4. The molecule has 0 radical (unpaired) electrons. The molecule has 1 aromatic heterocycles. The van der Waals surface area contributed by atoms with Crippen molar-refractivity contribution in [3.8, 4) is 5.69 Å². The minimum absolute atomic E-state index is 0.0345. The number of rotatable bonds is 8. The van der Waals surface area contributed by atoms with Crippen molar-refractivity contribution in [1.29, 1.82) is 0 Å². The van der Waals surface area contributed by atoms with E-state index in [1.807, 2.05) is 30.5 Å². The first-order valence-corrected chi connectivity index (χ1v) is 11.2. The fraction of sp³-hybridized carbons (Fsp3) is 0.286. The Morgan fingerprint density at radius 2 is 1.90 bits per heavy atom. The van der Waals surface area contributed by atoms with Crippen LogP contribution in [-0.4, -0.2) is 45.4 Å². The van der Waals surface area contributed by atoms with Crippen LogP contribution in [0.15, 0.2) is 47.6 Å². The molecule has 0 aliphatic carbocycles. The van der Waals surface area contributed by atoms with Gasteiger partial charge in [-0.15, -0.1) is 10.2 Å². The number of halogens is 3. The minimum Gasteiger partial charge on any atom is -0.351 e. The maximum atomic E-state index is 13.4. The zero-order valence-electron chi connectivity index (χ0n) is 17.3. The number of nitrogens with zero attached hydrogens (tertiary/aromatic N) is 4. The van der Waals surface area contributed by atoms with E-state index in [1.54, 1.807) is 30.3 Å². The molecule has 1 N–H and O–H groups in total. The monoisotopic (exact) mass is 481 g/mol. The van der Waals surface area contributed by atoms with E-state index in [4.69, 9.17) is 23.2 Å². The average Bonchev–Trinajstić information content (AvgIpc) is 3.15. The molecule has 0 bridgehead atoms. The van der Waals surface area contributed by atoms with Gasteiger partial charge in [0.05, 0.1) is 11.8 Å². The van der Waals surface area contributed by atoms with E-state index in [-0.39, 0.29) is 23.5 Å². The molecular weight excluding hydrogens is 460 g/mol. The summed E-state index contributed by atoms with van der Waals surface area (Å²) in [7, 11) is 3.88. The van der Waals surface area contributed by atoms with Crippen LogP contribution in [-0.2, 0) is 11.3 Å². The molecule has 1 atom stereocenters. The lowest BCUT2D eigenvalue weighted by Gasteiger charge is -2.20. The van der Waals surface area contributed by atoms with Crippen molar-refractivity contribution in [2.45, 2.75) is 24.7 Å². The average molecular weight is 482 g/mol. The number of benzene rings is 2. The van der Waals surface area contributed by atoms with Crippen molar-refractivity contribution in [3.63, 3.8) is 0 Å². The molecule has 1 amide bonds. The molecule has 0 saturated heterocycles. The van der Waals surface area contributed by atoms with Gasteiger partial charge < -0.3 is 5.32 Å². The molecule has 1 unspecified atom stereocenters. The highest BCUT2D eigenvalue weighted by Crippen LogP contribution is 2.27. The van der Waals surface area contributed by atoms with Crippen molar-refractivity contribution < 1.29 is 9.18 Å². The summed E-state index contributed by atoms with van der Waals surface area (Å²) in [5.41, 5.74) is 1.51. The Bertz CT molecular complexity index is 1060. The number of hydrogen-bond acceptors (Lipinski definition) is 5. The molecule has 1 heterocycles. The van der Waals surface area contributed by atoms with E-state index in [9.17, 15) is 9.18 Å². The Kier molecular flexibility index (Phi) is 7.94. The fourth-order valence-electron chi connectivity index (χ4n) is 2.75. The number of carbonyl (C=O) groups is 1. The summed E-state index contributed by atoms with van der Waals surface area (Å²) in [6.07, 6.45) is 0. The summed E-state index contributed by atoms with van der Waals surface area (Å²) in [4.78, 5) is 14.4. The highest BCUT2D eigenvalue weighted by molar-refractivity contribution is 7.99. The number of amides is 1. The summed E-state index contributed by atoms with van der Waals surface area (Å²) < 4.78 is 15.3. The Labute approximate surface area is 194 Å². The molecule has 0 aliphatic heterocycles. The number of thioether (sulfide) groups is 1. The van der Waals surface area contributed by atoms with Gasteiger partial charge in [-0.05, 0) is 63.0 Å². The van der Waals surface area contributed by atoms with Crippen molar-refractivity contribution in [3.05, 3.63) is 69.7 Å². The van der Waals surface area contributed by atoms with Crippen molar-refractivity contribution >= 4 is 40.9 Å². The van der Waals surface area contributed by atoms with Crippen LogP contribution in [0.2, 0.25) is 10.0 Å². The lowest BCUT2D eigenvalue weighted by atomic mass is 10.2. The summed E-state index contributed by atoms with van der Waals surface area (Å²) in [5, 5.41) is 13.0. The van der Waals surface area contributed by atoms with Crippen LogP contribution in [0.4, 0.5) is 4.39 Å². The zero-order chi connectivity index (χ0) is 22.5. The second kappa shape index (κ2) is 10.5. The van der Waals surface area contributed by atoms with E-state index in [1.165, 1.54) is 23.9 Å². The van der Waals surface area contributed by atoms with E-state index in [2.05, 4.69) is 15.5 Å². The predicted molar refractivity (Wildman–Crippen MR) is 122 cm³/mol. The third kappa shape index (κ3) is 5.98. The number of hydrogen-bond donors (Lipinski definition) is 1. The molecule has 0 spiro atoms. The van der Waals surface area contributed by atoms with Crippen LogP contribution < -0.4 is 5.32 Å². The first-order valence-electron chi connectivity index (χ1n) is 9.47. The molecule has 10 heteroatoms. The number of nitrogens with one attached hydrogen (secondary N) is 1. The summed E-state index contributed by atoms with van der Waals surface area (Å²) in [6.45, 7) is 2.30. The Balaban J connectivity index is 1.73. The lowest BCUT2D eigenvalue weighted by Crippen LogP contribution is -2.25. The van der Waals surface area contributed by atoms with E-state index in [0.717, 1.165) is 11.3 Å². The van der Waals surface area contributed by atoms with Crippen molar-refractivity contribution in [1.82, 2.24) is 25.0 Å². The number of carbonyl (C=O) groups excluding carboxylic acids is 1. The van der Waals surface area contributed by atoms with Crippen LogP contribution >= 0.6 is 35.0 Å². The van der Waals surface area contributed by atoms with E-state index >= 15 is 0 Å². The van der Waals surface area contributed by atoms with Crippen LogP contribution in [0.3, 0.4) is 0 Å². The normalized spacial score (nSPS) is 12.2. The second-order valence-corrected chi connectivity index (χ2v) is 8.88. The largest absolute Gasteiger partial charge is 0.351 e. The smallest absolute Gasteiger partial charge is 0.230 e. The van der Waals surface area contributed by atoms with Gasteiger partial charge in [0.1, 0.15) is 5.82 Å². The highest BCUT2D eigenvalue weighted by Gasteiger charge is 2.21. The van der Waals surface area contributed by atoms with Gasteiger partial charge in [-0.1, -0.05) is 41.0 Å². The van der Waals surface area contributed by atoms with Gasteiger partial charge in [0.25, 0.3) is 0 Å². The van der Waals surface area contributed by atoms with Gasteiger partial charge in [-0.25, -0.2) is 4.39 Å². The molecule has 0 saturated carbocycles. The SMILES string of the molecule is CC(c1nnc(SCC(=O)NCc2ccc(Cl)cc2Cl)n1-c1ccc(F)cc1)N(C)C. The fourth-order valence-corrected chi connectivity index (χ4v) is 4.01. The van der Waals surface area contributed by atoms with Gasteiger partial charge in [-0.3, -0.25) is 14.3 Å². The Morgan fingerprint density at radius 1 is 1.19 bits per heavy atom. The topological polar surface area (TPSA) is 63.1 Å². The van der Waals surface area contributed by atoms with E-state index < -0.39 is 0 Å². The zero-order valence-corrected chi connectivity index (χ0v) is 19.6. The molecule has 164 valence electrons. The second-order valence-electron chi connectivity index (χ2n) is 7.09. The predicted octanol–water partition coefficient (Wildman–Crippen LogP) is 4.74. The van der Waals surface area contributed by atoms with Gasteiger partial charge in [-0.2, -0.15) is 0 Å². The maximum Gasteiger partial charge on any atom is 0.230 e. The summed E-state index contributed by atoms with van der Waals surface area (Å²) in [5.74, 6) is 0.341. The molecule has 6 nitrogen and oxygen atoms in total. The molecule has 0 aliphatic rings. The Hall–Kier alpha value is -2.13. The summed E-state index contributed by atoms with van der Waals surface area (Å²) >= 11 is 13.3. The van der Waals surface area contributed by atoms with Crippen LogP contribution in [0.25, 0.3) is 5.69 Å². The summed E-state index contributed by atoms with van der Waals surface area (Å²) in [6, 6.07) is 11.2.